The zero-order chi connectivity index (χ0) is 27.2. The van der Waals surface area contributed by atoms with E-state index in [0.29, 0.717) is 28.6 Å². The van der Waals surface area contributed by atoms with Gasteiger partial charge in [-0.2, -0.15) is 4.98 Å². The third kappa shape index (κ3) is 4.65. The van der Waals surface area contributed by atoms with Gasteiger partial charge in [0.1, 0.15) is 5.02 Å². The van der Waals surface area contributed by atoms with Crippen LogP contribution in [0, 0.1) is 23.2 Å². The maximum absolute atomic E-state index is 12.9. The second-order valence-electron chi connectivity index (χ2n) is 11.7. The predicted octanol–water partition coefficient (Wildman–Crippen LogP) is 4.14. The fourth-order valence-corrected chi connectivity index (χ4v) is 7.01. The second-order valence-corrected chi connectivity index (χ2v) is 12.1. The van der Waals surface area contributed by atoms with Gasteiger partial charge in [-0.25, -0.2) is 4.98 Å². The molecule has 6 rings (SSSR count). The Balaban J connectivity index is 1.31. The molecular formula is C28H38ClN7O2. The summed E-state index contributed by atoms with van der Waals surface area (Å²) in [6.45, 7) is 11.5. The van der Waals surface area contributed by atoms with Crippen molar-refractivity contribution in [2.24, 2.45) is 23.2 Å². The molecule has 3 aliphatic carbocycles. The molecule has 1 aromatic carbocycles. The van der Waals surface area contributed by atoms with Gasteiger partial charge in [-0.05, 0) is 61.3 Å². The first kappa shape index (κ1) is 26.5. The number of hydrogen-bond donors (Lipinski definition) is 3. The maximum atomic E-state index is 12.9. The molecule has 2 bridgehead atoms. The molecule has 1 aromatic heterocycles. The number of aromatic nitrogens is 2. The van der Waals surface area contributed by atoms with Crippen molar-refractivity contribution in [2.75, 3.05) is 48.8 Å². The van der Waals surface area contributed by atoms with E-state index in [4.69, 9.17) is 16.6 Å². The van der Waals surface area contributed by atoms with E-state index >= 15 is 0 Å². The minimum Gasteiger partial charge on any atom is -0.368 e. The minimum atomic E-state index is -0.484. The van der Waals surface area contributed by atoms with Crippen molar-refractivity contribution in [3.8, 4) is 0 Å². The molecule has 4 aliphatic rings. The summed E-state index contributed by atoms with van der Waals surface area (Å²) in [5, 5.41) is 10.2. The summed E-state index contributed by atoms with van der Waals surface area (Å²) in [4.78, 5) is 37.8. The minimum absolute atomic E-state index is 0.0523. The molecule has 10 heteroatoms. The van der Waals surface area contributed by atoms with Crippen LogP contribution >= 0.6 is 11.6 Å². The fraction of sp³-hybridized carbons (Fsp3) is 0.571. The summed E-state index contributed by atoms with van der Waals surface area (Å²) in [6.07, 6.45) is 3.53. The highest BCUT2D eigenvalue weighted by Crippen LogP contribution is 2.65. The number of rotatable bonds is 6. The van der Waals surface area contributed by atoms with Gasteiger partial charge >= 0.3 is 0 Å². The number of carbonyl (C=O) groups is 2. The van der Waals surface area contributed by atoms with Gasteiger partial charge < -0.3 is 25.8 Å². The number of hydrogen-bond acceptors (Lipinski definition) is 7. The standard InChI is InChI=1S/C28H38ClN7O2/c1-17(37)35-10-12-36(13-11-35)20-8-6-19(7-9-20)32-26-31-16-22(29)24(33-26)34-28(4)21(25(38)30-5)14-18-15-23(28)27(18,2)3/h6-9,16,18,21,23H,10-15H2,1-5H3,(H,30,38)(H2,31,32,33,34)/t18-,21-,23-,28+/m1/s1. The van der Waals surface area contributed by atoms with Crippen LogP contribution in [-0.4, -0.2) is 65.4 Å². The number of benzene rings is 1. The van der Waals surface area contributed by atoms with Gasteiger partial charge in [0.2, 0.25) is 17.8 Å². The zero-order valence-electron chi connectivity index (χ0n) is 22.8. The highest BCUT2D eigenvalue weighted by molar-refractivity contribution is 6.32. The molecule has 1 aliphatic heterocycles. The number of carbonyl (C=O) groups excluding carboxylic acids is 2. The van der Waals surface area contributed by atoms with Gasteiger partial charge in [-0.15, -0.1) is 0 Å². The molecule has 1 saturated heterocycles. The topological polar surface area (TPSA) is 102 Å². The number of fused-ring (bicyclic) bond motifs is 2. The molecule has 0 spiro atoms. The van der Waals surface area contributed by atoms with Crippen molar-refractivity contribution in [2.45, 2.75) is 46.1 Å². The molecular weight excluding hydrogens is 502 g/mol. The summed E-state index contributed by atoms with van der Waals surface area (Å²) in [5.41, 5.74) is 1.64. The Labute approximate surface area is 229 Å². The van der Waals surface area contributed by atoms with E-state index in [1.165, 1.54) is 0 Å². The van der Waals surface area contributed by atoms with Gasteiger partial charge in [0.25, 0.3) is 0 Å². The van der Waals surface area contributed by atoms with Crippen molar-refractivity contribution in [1.29, 1.82) is 0 Å². The number of piperazine rings is 1. The Morgan fingerprint density at radius 2 is 1.74 bits per heavy atom. The van der Waals surface area contributed by atoms with E-state index in [1.54, 1.807) is 20.2 Å². The van der Waals surface area contributed by atoms with E-state index in [-0.39, 0.29) is 23.1 Å². The summed E-state index contributed by atoms with van der Waals surface area (Å²) in [5.74, 6) is 1.84. The van der Waals surface area contributed by atoms with Crippen molar-refractivity contribution < 1.29 is 9.59 Å². The van der Waals surface area contributed by atoms with Crippen LogP contribution in [0.15, 0.2) is 30.5 Å². The quantitative estimate of drug-likeness (QED) is 0.507. The molecule has 4 fully saturated rings. The van der Waals surface area contributed by atoms with E-state index in [0.717, 1.165) is 50.4 Å². The molecule has 38 heavy (non-hydrogen) atoms. The highest BCUT2D eigenvalue weighted by Gasteiger charge is 2.64. The van der Waals surface area contributed by atoms with Crippen LogP contribution in [0.25, 0.3) is 0 Å². The highest BCUT2D eigenvalue weighted by atomic mass is 35.5. The number of amides is 2. The van der Waals surface area contributed by atoms with Crippen LogP contribution < -0.4 is 20.9 Å². The Kier molecular flexibility index (Phi) is 6.92. The summed E-state index contributed by atoms with van der Waals surface area (Å²) in [6, 6.07) is 8.12. The van der Waals surface area contributed by atoms with Gasteiger partial charge in [0.15, 0.2) is 5.82 Å². The average Bonchev–Trinajstić information content (AvgIpc) is 2.90. The first-order valence-electron chi connectivity index (χ1n) is 13.4. The Morgan fingerprint density at radius 1 is 1.05 bits per heavy atom. The lowest BCUT2D eigenvalue weighted by Gasteiger charge is -2.66. The third-order valence-electron chi connectivity index (χ3n) is 9.35. The molecule has 9 nitrogen and oxygen atoms in total. The summed E-state index contributed by atoms with van der Waals surface area (Å²) in [7, 11) is 1.70. The lowest BCUT2D eigenvalue weighted by atomic mass is 9.40. The Morgan fingerprint density at radius 3 is 2.34 bits per heavy atom. The Bertz CT molecular complexity index is 1210. The first-order chi connectivity index (χ1) is 18.0. The zero-order valence-corrected chi connectivity index (χ0v) is 23.6. The van der Waals surface area contributed by atoms with Crippen LogP contribution in [-0.2, 0) is 9.59 Å². The van der Waals surface area contributed by atoms with Crippen LogP contribution in [0.1, 0.15) is 40.5 Å². The van der Waals surface area contributed by atoms with Gasteiger partial charge in [0.05, 0.1) is 17.7 Å². The monoisotopic (exact) mass is 539 g/mol. The normalized spacial score (nSPS) is 27.8. The fourth-order valence-electron chi connectivity index (χ4n) is 6.87. The molecule has 3 saturated carbocycles. The van der Waals surface area contributed by atoms with Crippen LogP contribution in [0.2, 0.25) is 5.02 Å². The summed E-state index contributed by atoms with van der Waals surface area (Å²) >= 11 is 6.56. The van der Waals surface area contributed by atoms with Crippen molar-refractivity contribution >= 4 is 46.6 Å². The average molecular weight is 540 g/mol. The van der Waals surface area contributed by atoms with Crippen LogP contribution in [0.3, 0.4) is 0 Å². The lowest BCUT2D eigenvalue weighted by molar-refractivity contribution is -0.155. The SMILES string of the molecule is CNC(=O)[C@H]1C[C@@H]2C[C@H](C2(C)C)[C@@]1(C)Nc1nc(Nc2ccc(N3CCN(C(C)=O)CC3)cc2)ncc1Cl. The smallest absolute Gasteiger partial charge is 0.229 e. The van der Waals surface area contributed by atoms with Gasteiger partial charge in [-0.1, -0.05) is 25.4 Å². The number of nitrogens with one attached hydrogen (secondary N) is 3. The van der Waals surface area contributed by atoms with Crippen LogP contribution in [0.5, 0.6) is 0 Å². The van der Waals surface area contributed by atoms with E-state index < -0.39 is 5.54 Å². The van der Waals surface area contributed by atoms with Gasteiger partial charge in [-0.3, -0.25) is 9.59 Å². The van der Waals surface area contributed by atoms with E-state index in [9.17, 15) is 9.59 Å². The number of nitrogens with zero attached hydrogens (tertiary/aromatic N) is 4. The van der Waals surface area contributed by atoms with E-state index in [1.807, 2.05) is 17.0 Å². The number of halogens is 1. The molecule has 2 amide bonds. The molecule has 2 heterocycles. The summed E-state index contributed by atoms with van der Waals surface area (Å²) < 4.78 is 0. The predicted molar refractivity (Wildman–Crippen MR) is 151 cm³/mol. The van der Waals surface area contributed by atoms with Crippen molar-refractivity contribution in [3.63, 3.8) is 0 Å². The second kappa shape index (κ2) is 9.91. The van der Waals surface area contributed by atoms with Crippen molar-refractivity contribution in [1.82, 2.24) is 20.2 Å². The largest absolute Gasteiger partial charge is 0.368 e. The lowest BCUT2D eigenvalue weighted by Crippen LogP contribution is -2.69. The molecule has 2 aromatic rings. The van der Waals surface area contributed by atoms with Gasteiger partial charge in [0, 0.05) is 51.5 Å². The molecule has 0 radical (unpaired) electrons. The molecule has 3 N–H and O–H groups in total. The molecule has 204 valence electrons. The molecule has 4 atom stereocenters. The maximum Gasteiger partial charge on any atom is 0.229 e. The van der Waals surface area contributed by atoms with Crippen LogP contribution in [0.4, 0.5) is 23.1 Å². The molecule has 0 unspecified atom stereocenters. The number of anilines is 4. The first-order valence-corrected chi connectivity index (χ1v) is 13.8. The Hall–Kier alpha value is -3.07. The van der Waals surface area contributed by atoms with Crippen molar-refractivity contribution in [3.05, 3.63) is 35.5 Å². The van der Waals surface area contributed by atoms with E-state index in [2.05, 4.69) is 58.7 Å². The third-order valence-corrected chi connectivity index (χ3v) is 9.62.